The van der Waals surface area contributed by atoms with Crippen molar-refractivity contribution in [3.63, 3.8) is 0 Å². The van der Waals surface area contributed by atoms with Gasteiger partial charge >= 0.3 is 0 Å². The highest BCUT2D eigenvalue weighted by Gasteiger charge is 2.15. The maximum Gasteiger partial charge on any atom is 0.179 e. The molecule has 0 amide bonds. The quantitative estimate of drug-likeness (QED) is 0.848. The fraction of sp³-hybridized carbons (Fsp3) is 0.500. The van der Waals surface area contributed by atoms with Gasteiger partial charge in [-0.3, -0.25) is 0 Å². The molecular weight excluding hydrogens is 286 g/mol. The Hall–Kier alpha value is -1.49. The second kappa shape index (κ2) is 6.98. The topological polar surface area (TPSA) is 55.4 Å². The van der Waals surface area contributed by atoms with E-state index >= 15 is 0 Å². The van der Waals surface area contributed by atoms with Crippen molar-refractivity contribution in [2.45, 2.75) is 30.6 Å². The molecule has 0 saturated heterocycles. The van der Waals surface area contributed by atoms with Crippen molar-refractivity contribution in [3.8, 4) is 5.75 Å². The summed E-state index contributed by atoms with van der Waals surface area (Å²) >= 11 is 0. The number of methoxy groups -OCH3 is 1. The van der Waals surface area contributed by atoms with Crippen molar-refractivity contribution in [2.75, 3.05) is 25.2 Å². The number of rotatable bonds is 5. The minimum Gasteiger partial charge on any atom is -0.495 e. The first-order valence-electron chi connectivity index (χ1n) is 7.27. The highest BCUT2D eigenvalue weighted by atomic mass is 32.2. The van der Waals surface area contributed by atoms with Gasteiger partial charge in [0.25, 0.3) is 0 Å². The van der Waals surface area contributed by atoms with Crippen LogP contribution in [0.3, 0.4) is 0 Å². The number of ether oxygens (including phenoxy) is 1. The summed E-state index contributed by atoms with van der Waals surface area (Å²) in [4.78, 5) is 0.234. The van der Waals surface area contributed by atoms with Gasteiger partial charge in [-0.2, -0.15) is 0 Å². The molecule has 0 bridgehead atoms. The van der Waals surface area contributed by atoms with Crippen molar-refractivity contribution in [1.29, 1.82) is 0 Å². The number of sulfone groups is 1. The SMILES string of the molecule is COc1ccc(NCC2CCC=CCC2)cc1S(C)(=O)=O. The molecule has 1 aliphatic rings. The van der Waals surface area contributed by atoms with Gasteiger partial charge in [-0.1, -0.05) is 12.2 Å². The molecule has 0 fully saturated rings. The molecule has 0 radical (unpaired) electrons. The Morgan fingerprint density at radius 2 is 1.90 bits per heavy atom. The number of benzene rings is 1. The predicted octanol–water partition coefficient (Wildman–Crippen LogP) is 3.26. The van der Waals surface area contributed by atoms with E-state index in [0.29, 0.717) is 11.7 Å². The van der Waals surface area contributed by atoms with Gasteiger partial charge in [0.15, 0.2) is 9.84 Å². The first-order chi connectivity index (χ1) is 10.0. The molecular formula is C16H23NO3S. The van der Waals surface area contributed by atoms with E-state index in [9.17, 15) is 8.42 Å². The Labute approximate surface area is 127 Å². The van der Waals surface area contributed by atoms with Crippen molar-refractivity contribution < 1.29 is 13.2 Å². The van der Waals surface area contributed by atoms with Crippen LogP contribution >= 0.6 is 0 Å². The average Bonchev–Trinajstić information content (AvgIpc) is 2.72. The van der Waals surface area contributed by atoms with Crippen LogP contribution < -0.4 is 10.1 Å². The molecule has 4 nitrogen and oxygen atoms in total. The van der Waals surface area contributed by atoms with Crippen molar-refractivity contribution >= 4 is 15.5 Å². The van der Waals surface area contributed by atoms with Gasteiger partial charge < -0.3 is 10.1 Å². The molecule has 1 aliphatic carbocycles. The largest absolute Gasteiger partial charge is 0.495 e. The van der Waals surface area contributed by atoms with Crippen molar-refractivity contribution in [3.05, 3.63) is 30.4 Å². The molecule has 0 atom stereocenters. The lowest BCUT2D eigenvalue weighted by Crippen LogP contribution is -2.14. The summed E-state index contributed by atoms with van der Waals surface area (Å²) in [5.74, 6) is 1.02. The third kappa shape index (κ3) is 4.49. The number of allylic oxidation sites excluding steroid dienone is 2. The summed E-state index contributed by atoms with van der Waals surface area (Å²) in [5.41, 5.74) is 0.827. The van der Waals surface area contributed by atoms with Gasteiger partial charge in [-0.15, -0.1) is 0 Å². The van der Waals surface area contributed by atoms with Crippen molar-refractivity contribution in [1.82, 2.24) is 0 Å². The first-order valence-corrected chi connectivity index (χ1v) is 9.17. The monoisotopic (exact) mass is 309 g/mol. The molecule has 21 heavy (non-hydrogen) atoms. The molecule has 0 unspecified atom stereocenters. The molecule has 0 aliphatic heterocycles. The summed E-state index contributed by atoms with van der Waals surface area (Å²) in [6, 6.07) is 5.22. The summed E-state index contributed by atoms with van der Waals surface area (Å²) in [6.45, 7) is 0.872. The van der Waals surface area contributed by atoms with Crippen LogP contribution in [-0.4, -0.2) is 28.3 Å². The molecule has 5 heteroatoms. The highest BCUT2D eigenvalue weighted by molar-refractivity contribution is 7.90. The number of hydrogen-bond donors (Lipinski definition) is 1. The maximum absolute atomic E-state index is 11.8. The van der Waals surface area contributed by atoms with Gasteiger partial charge in [-0.25, -0.2) is 8.42 Å². The van der Waals surface area contributed by atoms with Crippen LogP contribution in [-0.2, 0) is 9.84 Å². The third-order valence-corrected chi connectivity index (χ3v) is 4.93. The predicted molar refractivity (Wildman–Crippen MR) is 85.7 cm³/mol. The molecule has 116 valence electrons. The lowest BCUT2D eigenvalue weighted by atomic mass is 10.00. The van der Waals surface area contributed by atoms with Crippen LogP contribution in [0, 0.1) is 5.92 Å². The van der Waals surface area contributed by atoms with Crippen molar-refractivity contribution in [2.24, 2.45) is 5.92 Å². The van der Waals surface area contributed by atoms with E-state index in [1.807, 2.05) is 6.07 Å². The molecule has 1 aromatic rings. The Bertz CT molecular complexity index is 598. The van der Waals surface area contributed by atoms with Gasteiger partial charge in [-0.05, 0) is 49.8 Å². The number of anilines is 1. The maximum atomic E-state index is 11.8. The molecule has 0 saturated carbocycles. The van der Waals surface area contributed by atoms with E-state index in [0.717, 1.165) is 25.1 Å². The molecule has 0 aromatic heterocycles. The standard InChI is InChI=1S/C16H23NO3S/c1-20-15-10-9-14(11-16(15)21(2,18)19)17-12-13-7-5-3-4-6-8-13/h3-4,9-11,13,17H,5-8,12H2,1-2H3. The highest BCUT2D eigenvalue weighted by Crippen LogP contribution is 2.27. The van der Waals surface area contributed by atoms with E-state index in [4.69, 9.17) is 4.74 Å². The summed E-state index contributed by atoms with van der Waals surface area (Å²) in [6.07, 6.45) is 10.3. The summed E-state index contributed by atoms with van der Waals surface area (Å²) in [5, 5.41) is 3.36. The van der Waals surface area contributed by atoms with E-state index in [1.54, 1.807) is 12.1 Å². The number of hydrogen-bond acceptors (Lipinski definition) is 4. The summed E-state index contributed by atoms with van der Waals surface area (Å²) in [7, 11) is -1.81. The van der Waals surface area contributed by atoms with Crippen LogP contribution in [0.4, 0.5) is 5.69 Å². The second-order valence-corrected chi connectivity index (χ2v) is 7.49. The fourth-order valence-electron chi connectivity index (χ4n) is 2.59. The molecule has 1 N–H and O–H groups in total. The second-order valence-electron chi connectivity index (χ2n) is 5.51. The lowest BCUT2D eigenvalue weighted by molar-refractivity contribution is 0.403. The zero-order valence-electron chi connectivity index (χ0n) is 12.6. The van der Waals surface area contributed by atoms with Gasteiger partial charge in [0.2, 0.25) is 0 Å². The van der Waals surface area contributed by atoms with Crippen LogP contribution in [0.2, 0.25) is 0 Å². The smallest absolute Gasteiger partial charge is 0.179 e. The third-order valence-electron chi connectivity index (χ3n) is 3.81. The number of nitrogens with one attached hydrogen (secondary N) is 1. The van der Waals surface area contributed by atoms with E-state index in [2.05, 4.69) is 17.5 Å². The Morgan fingerprint density at radius 1 is 1.24 bits per heavy atom. The molecule has 0 heterocycles. The normalized spacial score (nSPS) is 16.5. The molecule has 1 aromatic carbocycles. The molecule has 0 spiro atoms. The van der Waals surface area contributed by atoms with Crippen LogP contribution in [0.1, 0.15) is 25.7 Å². The van der Waals surface area contributed by atoms with Gasteiger partial charge in [0, 0.05) is 18.5 Å². The van der Waals surface area contributed by atoms with E-state index in [-0.39, 0.29) is 4.90 Å². The Balaban J connectivity index is 2.07. The fourth-order valence-corrected chi connectivity index (χ4v) is 3.44. The first kappa shape index (κ1) is 15.9. The minimum atomic E-state index is -3.29. The average molecular weight is 309 g/mol. The summed E-state index contributed by atoms with van der Waals surface area (Å²) < 4.78 is 28.7. The minimum absolute atomic E-state index is 0.234. The molecule has 2 rings (SSSR count). The van der Waals surface area contributed by atoms with Gasteiger partial charge in [0.05, 0.1) is 7.11 Å². The Kier molecular flexibility index (Phi) is 5.28. The van der Waals surface area contributed by atoms with Crippen LogP contribution in [0.15, 0.2) is 35.2 Å². The zero-order chi connectivity index (χ0) is 15.3. The van der Waals surface area contributed by atoms with E-state index < -0.39 is 9.84 Å². The zero-order valence-corrected chi connectivity index (χ0v) is 13.4. The Morgan fingerprint density at radius 3 is 2.48 bits per heavy atom. The van der Waals surface area contributed by atoms with Crippen LogP contribution in [0.25, 0.3) is 0 Å². The van der Waals surface area contributed by atoms with Gasteiger partial charge in [0.1, 0.15) is 10.6 Å². The van der Waals surface area contributed by atoms with Crippen LogP contribution in [0.5, 0.6) is 5.75 Å². The lowest BCUT2D eigenvalue weighted by Gasteiger charge is -2.17. The van der Waals surface area contributed by atoms with E-state index in [1.165, 1.54) is 26.2 Å².